The minimum absolute atomic E-state index is 0.211. The maximum absolute atomic E-state index is 11.7. The molecule has 2 atom stereocenters. The van der Waals surface area contributed by atoms with E-state index in [1.54, 1.807) is 6.92 Å². The summed E-state index contributed by atoms with van der Waals surface area (Å²) in [6.45, 7) is 2.49. The Labute approximate surface area is 204 Å². The topological polar surface area (TPSA) is 54.0 Å². The minimum atomic E-state index is -0.290. The summed E-state index contributed by atoms with van der Waals surface area (Å²) in [4.78, 5) is 11.7. The van der Waals surface area contributed by atoms with Crippen molar-refractivity contribution < 1.29 is 23.7 Å². The van der Waals surface area contributed by atoms with Crippen molar-refractivity contribution >= 4 is 17.6 Å². The average molecular weight is 477 g/mol. The number of ether oxygens (including phenoxy) is 4. The maximum atomic E-state index is 11.7. The molecule has 4 rings (SSSR count). The molecule has 6 heteroatoms. The number of esters is 1. The van der Waals surface area contributed by atoms with Gasteiger partial charge in [0.05, 0.1) is 19.4 Å². The molecule has 0 spiro atoms. The zero-order valence-corrected chi connectivity index (χ0v) is 19.8. The number of hydrogen-bond acceptors (Lipinski definition) is 5. The van der Waals surface area contributed by atoms with Gasteiger partial charge in [-0.05, 0) is 60.0 Å². The molecule has 174 valence electrons. The van der Waals surface area contributed by atoms with E-state index in [9.17, 15) is 4.79 Å². The Morgan fingerprint density at radius 1 is 1.06 bits per heavy atom. The molecular formula is C28H25ClO5. The molecule has 0 saturated carbocycles. The fourth-order valence-corrected chi connectivity index (χ4v) is 3.81. The van der Waals surface area contributed by atoms with Gasteiger partial charge in [0.25, 0.3) is 0 Å². The summed E-state index contributed by atoms with van der Waals surface area (Å²) in [6.07, 6.45) is -0.0342. The van der Waals surface area contributed by atoms with Crippen molar-refractivity contribution in [2.75, 3.05) is 20.3 Å². The third-order valence-corrected chi connectivity index (χ3v) is 5.73. The number of hydrogen-bond donors (Lipinski definition) is 0. The molecule has 1 heterocycles. The number of fused-ring (bicyclic) bond motifs is 1. The number of carbonyl (C=O) groups excluding carboxylic acids is 1. The van der Waals surface area contributed by atoms with Gasteiger partial charge >= 0.3 is 5.97 Å². The number of carbonyl (C=O) groups is 1. The predicted octanol–water partition coefficient (Wildman–Crippen LogP) is 5.90. The van der Waals surface area contributed by atoms with Gasteiger partial charge in [-0.1, -0.05) is 47.9 Å². The van der Waals surface area contributed by atoms with E-state index in [0.717, 1.165) is 16.7 Å². The first kappa shape index (κ1) is 23.5. The van der Waals surface area contributed by atoms with Crippen LogP contribution in [0.1, 0.15) is 24.8 Å². The van der Waals surface area contributed by atoms with Crippen LogP contribution in [0.5, 0.6) is 17.2 Å². The fourth-order valence-electron chi connectivity index (χ4n) is 3.68. The second-order valence-electron chi connectivity index (χ2n) is 7.83. The zero-order valence-electron chi connectivity index (χ0n) is 19.0. The predicted molar refractivity (Wildman–Crippen MR) is 132 cm³/mol. The van der Waals surface area contributed by atoms with E-state index in [1.807, 2.05) is 66.7 Å². The third kappa shape index (κ3) is 5.84. The second-order valence-corrected chi connectivity index (χ2v) is 8.26. The van der Waals surface area contributed by atoms with Gasteiger partial charge < -0.3 is 18.9 Å². The van der Waals surface area contributed by atoms with Crippen LogP contribution >= 0.6 is 11.6 Å². The van der Waals surface area contributed by atoms with Gasteiger partial charge in [0.2, 0.25) is 0 Å². The van der Waals surface area contributed by atoms with Crippen molar-refractivity contribution in [3.63, 3.8) is 0 Å². The summed E-state index contributed by atoms with van der Waals surface area (Å²) in [5.74, 6) is 7.54. The van der Waals surface area contributed by atoms with E-state index < -0.39 is 0 Å². The van der Waals surface area contributed by atoms with Gasteiger partial charge in [-0.2, -0.15) is 0 Å². The molecule has 0 amide bonds. The van der Waals surface area contributed by atoms with E-state index >= 15 is 0 Å². The summed E-state index contributed by atoms with van der Waals surface area (Å²) < 4.78 is 22.7. The molecule has 3 aromatic carbocycles. The van der Waals surface area contributed by atoms with Crippen LogP contribution in [0.3, 0.4) is 0 Å². The summed E-state index contributed by atoms with van der Waals surface area (Å²) in [7, 11) is 1.38. The molecule has 0 aromatic heterocycles. The van der Waals surface area contributed by atoms with E-state index in [4.69, 9.17) is 30.5 Å². The van der Waals surface area contributed by atoms with Gasteiger partial charge in [-0.3, -0.25) is 4.79 Å². The number of benzene rings is 3. The van der Waals surface area contributed by atoms with Crippen molar-refractivity contribution in [3.05, 3.63) is 77.3 Å². The van der Waals surface area contributed by atoms with Crippen LogP contribution in [-0.2, 0) is 9.53 Å². The Balaban J connectivity index is 1.37. The normalized spacial score (nSPS) is 15.0. The Bertz CT molecular complexity index is 1190. The SMILES string of the molecule is CC#C[C@@H](CC(=O)OC)c1ccc(OC[C@H]2COc3ccc(-c4ccc(Cl)cc4)cc3O2)cc1. The molecule has 0 bridgehead atoms. The highest BCUT2D eigenvalue weighted by molar-refractivity contribution is 6.30. The number of rotatable bonds is 7. The van der Waals surface area contributed by atoms with Crippen molar-refractivity contribution in [1.82, 2.24) is 0 Å². The largest absolute Gasteiger partial charge is 0.490 e. The van der Waals surface area contributed by atoms with Crippen LogP contribution in [0, 0.1) is 11.8 Å². The molecule has 5 nitrogen and oxygen atoms in total. The fraction of sp³-hybridized carbons (Fsp3) is 0.250. The first-order valence-corrected chi connectivity index (χ1v) is 11.3. The molecule has 1 aliphatic rings. The van der Waals surface area contributed by atoms with Crippen molar-refractivity contribution in [2.24, 2.45) is 0 Å². The summed E-state index contributed by atoms with van der Waals surface area (Å²) in [5, 5.41) is 0.698. The lowest BCUT2D eigenvalue weighted by Gasteiger charge is -2.27. The van der Waals surface area contributed by atoms with E-state index in [-0.39, 0.29) is 24.4 Å². The van der Waals surface area contributed by atoms with Crippen molar-refractivity contribution in [1.29, 1.82) is 0 Å². The lowest BCUT2D eigenvalue weighted by molar-refractivity contribution is -0.140. The Morgan fingerprint density at radius 3 is 2.50 bits per heavy atom. The highest BCUT2D eigenvalue weighted by Gasteiger charge is 2.22. The lowest BCUT2D eigenvalue weighted by atomic mass is 9.96. The first-order valence-electron chi connectivity index (χ1n) is 11.0. The molecule has 34 heavy (non-hydrogen) atoms. The van der Waals surface area contributed by atoms with E-state index in [1.165, 1.54) is 7.11 Å². The molecule has 0 fully saturated rings. The Kier molecular flexibility index (Phi) is 7.61. The second kappa shape index (κ2) is 11.0. The quantitative estimate of drug-likeness (QED) is 0.314. The van der Waals surface area contributed by atoms with Crippen LogP contribution in [0.4, 0.5) is 0 Å². The lowest BCUT2D eigenvalue weighted by Crippen LogP contribution is -2.34. The van der Waals surface area contributed by atoms with Gasteiger partial charge in [-0.25, -0.2) is 0 Å². The summed E-state index contributed by atoms with van der Waals surface area (Å²) >= 11 is 6.00. The monoisotopic (exact) mass is 476 g/mol. The number of methoxy groups -OCH3 is 1. The highest BCUT2D eigenvalue weighted by Crippen LogP contribution is 2.36. The molecular weight excluding hydrogens is 452 g/mol. The van der Waals surface area contributed by atoms with Crippen LogP contribution in [0.25, 0.3) is 11.1 Å². The van der Waals surface area contributed by atoms with Crippen molar-refractivity contribution in [3.8, 4) is 40.2 Å². The highest BCUT2D eigenvalue weighted by atomic mass is 35.5. The molecule has 0 N–H and O–H groups in total. The number of halogens is 1. The minimum Gasteiger partial charge on any atom is -0.490 e. The van der Waals surface area contributed by atoms with Crippen molar-refractivity contribution in [2.45, 2.75) is 25.4 Å². The van der Waals surface area contributed by atoms with Gasteiger partial charge in [0.15, 0.2) is 17.6 Å². The van der Waals surface area contributed by atoms with Crippen LogP contribution in [0.2, 0.25) is 5.02 Å². The molecule has 3 aromatic rings. The van der Waals surface area contributed by atoms with Gasteiger partial charge in [0, 0.05) is 5.02 Å². The molecule has 1 aliphatic heterocycles. The maximum Gasteiger partial charge on any atom is 0.307 e. The molecule has 0 radical (unpaired) electrons. The van der Waals surface area contributed by atoms with Crippen LogP contribution in [-0.4, -0.2) is 32.4 Å². The zero-order chi connectivity index (χ0) is 23.9. The third-order valence-electron chi connectivity index (χ3n) is 5.48. The smallest absolute Gasteiger partial charge is 0.307 e. The van der Waals surface area contributed by atoms with Crippen LogP contribution in [0.15, 0.2) is 66.7 Å². The van der Waals surface area contributed by atoms with Gasteiger partial charge in [-0.15, -0.1) is 5.92 Å². The Morgan fingerprint density at radius 2 is 1.79 bits per heavy atom. The van der Waals surface area contributed by atoms with Gasteiger partial charge in [0.1, 0.15) is 19.0 Å². The summed E-state index contributed by atoms with van der Waals surface area (Å²) in [5.41, 5.74) is 3.01. The molecule has 0 unspecified atom stereocenters. The van der Waals surface area contributed by atoms with E-state index in [0.29, 0.717) is 35.5 Å². The standard InChI is InChI=1S/C28H25ClO5/c1-3-4-21(16-28(30)31-2)20-7-12-24(13-8-20)32-17-25-18-33-26-14-9-22(15-27(26)34-25)19-5-10-23(29)11-6-19/h5-15,21,25H,16-18H2,1-2H3/t21-,25-/m0/s1. The van der Waals surface area contributed by atoms with Crippen LogP contribution < -0.4 is 14.2 Å². The Hall–Kier alpha value is -3.62. The molecule has 0 saturated heterocycles. The van der Waals surface area contributed by atoms with E-state index in [2.05, 4.69) is 11.8 Å². The summed E-state index contributed by atoms with van der Waals surface area (Å²) in [6, 6.07) is 21.1. The first-order chi connectivity index (χ1) is 16.6. The molecule has 0 aliphatic carbocycles. The average Bonchev–Trinajstić information content (AvgIpc) is 2.87.